The molecule has 2 unspecified atom stereocenters. The molecule has 1 aromatic heterocycles. The summed E-state index contributed by atoms with van der Waals surface area (Å²) in [5.74, 6) is 0.612. The van der Waals surface area contributed by atoms with Crippen molar-refractivity contribution < 1.29 is 9.53 Å². The molecule has 3 rings (SSSR count). The monoisotopic (exact) mass is 330 g/mol. The average molecular weight is 330 g/mol. The molecule has 1 saturated heterocycles. The highest BCUT2D eigenvalue weighted by Gasteiger charge is 2.23. The first-order valence-electron chi connectivity index (χ1n) is 7.95. The van der Waals surface area contributed by atoms with Gasteiger partial charge < -0.3 is 15.4 Å². The Morgan fingerprint density at radius 1 is 1.35 bits per heavy atom. The van der Waals surface area contributed by atoms with Crippen LogP contribution in [0.2, 0.25) is 0 Å². The van der Waals surface area contributed by atoms with Crippen LogP contribution in [0, 0.1) is 0 Å². The van der Waals surface area contributed by atoms with Gasteiger partial charge in [0.05, 0.1) is 7.11 Å². The highest BCUT2D eigenvalue weighted by molar-refractivity contribution is 7.17. The van der Waals surface area contributed by atoms with Crippen LogP contribution in [0.4, 0.5) is 0 Å². The predicted octanol–water partition coefficient (Wildman–Crippen LogP) is 3.29. The van der Waals surface area contributed by atoms with Crippen LogP contribution in [-0.4, -0.2) is 31.6 Å². The Morgan fingerprint density at radius 3 is 2.83 bits per heavy atom. The average Bonchev–Trinajstić information content (AvgIpc) is 3.00. The lowest BCUT2D eigenvalue weighted by Crippen LogP contribution is -2.46. The second-order valence-corrected chi connectivity index (χ2v) is 6.98. The van der Waals surface area contributed by atoms with Crippen molar-refractivity contribution in [2.75, 3.05) is 13.7 Å². The van der Waals surface area contributed by atoms with Gasteiger partial charge in [-0.2, -0.15) is 0 Å². The molecule has 1 amide bonds. The summed E-state index contributed by atoms with van der Waals surface area (Å²) < 4.78 is 5.42. The number of ether oxygens (including phenoxy) is 1. The minimum absolute atomic E-state index is 0.0341. The molecule has 1 aromatic carbocycles. The van der Waals surface area contributed by atoms with Crippen LogP contribution in [0.25, 0.3) is 10.4 Å². The minimum atomic E-state index is -0.0341. The Kier molecular flexibility index (Phi) is 4.98. The molecule has 0 radical (unpaired) electrons. The number of hydrogen-bond acceptors (Lipinski definition) is 4. The molecular formula is C18H22N2O2S. The van der Waals surface area contributed by atoms with Gasteiger partial charge in [0.25, 0.3) is 5.91 Å². The van der Waals surface area contributed by atoms with Crippen molar-refractivity contribution in [2.24, 2.45) is 0 Å². The zero-order valence-electron chi connectivity index (χ0n) is 13.5. The predicted molar refractivity (Wildman–Crippen MR) is 94.3 cm³/mol. The van der Waals surface area contributed by atoms with E-state index in [1.165, 1.54) is 11.3 Å². The summed E-state index contributed by atoms with van der Waals surface area (Å²) >= 11 is 1.48. The SMILES string of the molecule is COc1cc(-c2ccccc2)sc1C(=O)NC1CCNC(C)C1. The molecular weight excluding hydrogens is 308 g/mol. The number of nitrogens with one attached hydrogen (secondary N) is 2. The van der Waals surface area contributed by atoms with Crippen molar-refractivity contribution in [3.8, 4) is 16.2 Å². The molecule has 0 spiro atoms. The van der Waals surface area contributed by atoms with Gasteiger partial charge in [-0.25, -0.2) is 0 Å². The molecule has 4 nitrogen and oxygen atoms in total. The molecule has 2 aromatic rings. The van der Waals surface area contributed by atoms with Gasteiger partial charge in [0.15, 0.2) is 0 Å². The summed E-state index contributed by atoms with van der Waals surface area (Å²) in [4.78, 5) is 14.3. The Labute approximate surface area is 140 Å². The lowest BCUT2D eigenvalue weighted by atomic mass is 10.0. The van der Waals surface area contributed by atoms with Gasteiger partial charge in [-0.05, 0) is 37.9 Å². The number of rotatable bonds is 4. The standard InChI is InChI=1S/C18H22N2O2S/c1-12-10-14(8-9-19-12)20-18(21)17-15(22-2)11-16(23-17)13-6-4-3-5-7-13/h3-7,11-12,14,19H,8-10H2,1-2H3,(H,20,21). The summed E-state index contributed by atoms with van der Waals surface area (Å²) in [5, 5.41) is 6.56. The minimum Gasteiger partial charge on any atom is -0.495 e. The number of hydrogen-bond donors (Lipinski definition) is 2. The molecule has 2 heterocycles. The molecule has 1 aliphatic rings. The first-order chi connectivity index (χ1) is 11.2. The summed E-state index contributed by atoms with van der Waals surface area (Å²) in [6, 6.07) is 12.7. The third kappa shape index (κ3) is 3.74. The van der Waals surface area contributed by atoms with Crippen LogP contribution in [0.3, 0.4) is 0 Å². The highest BCUT2D eigenvalue weighted by Crippen LogP contribution is 2.36. The Morgan fingerprint density at radius 2 is 2.13 bits per heavy atom. The molecule has 0 aliphatic carbocycles. The summed E-state index contributed by atoms with van der Waals surface area (Å²) in [6.07, 6.45) is 1.93. The van der Waals surface area contributed by atoms with Gasteiger partial charge in [0.1, 0.15) is 10.6 Å². The van der Waals surface area contributed by atoms with Gasteiger partial charge >= 0.3 is 0 Å². The van der Waals surface area contributed by atoms with Crippen molar-refractivity contribution >= 4 is 17.2 Å². The number of thiophene rings is 1. The van der Waals surface area contributed by atoms with Crippen LogP contribution in [-0.2, 0) is 0 Å². The van der Waals surface area contributed by atoms with Crippen LogP contribution in [0.15, 0.2) is 36.4 Å². The Balaban J connectivity index is 1.78. The first kappa shape index (κ1) is 16.0. The van der Waals surface area contributed by atoms with E-state index >= 15 is 0 Å². The quantitative estimate of drug-likeness (QED) is 0.904. The molecule has 0 saturated carbocycles. The van der Waals surface area contributed by atoms with Crippen LogP contribution >= 0.6 is 11.3 Å². The fourth-order valence-corrected chi connectivity index (χ4v) is 3.98. The first-order valence-corrected chi connectivity index (χ1v) is 8.76. The van der Waals surface area contributed by atoms with Gasteiger partial charge in [0, 0.05) is 17.0 Å². The number of carbonyl (C=O) groups is 1. The topological polar surface area (TPSA) is 50.4 Å². The van der Waals surface area contributed by atoms with Crippen LogP contribution < -0.4 is 15.4 Å². The molecule has 5 heteroatoms. The van der Waals surface area contributed by atoms with Crippen molar-refractivity contribution in [1.82, 2.24) is 10.6 Å². The van der Waals surface area contributed by atoms with E-state index in [1.807, 2.05) is 36.4 Å². The number of amides is 1. The molecule has 2 N–H and O–H groups in total. The van der Waals surface area contributed by atoms with Crippen molar-refractivity contribution in [1.29, 1.82) is 0 Å². The second kappa shape index (κ2) is 7.15. The maximum Gasteiger partial charge on any atom is 0.265 e. The third-order valence-electron chi connectivity index (χ3n) is 4.14. The smallest absolute Gasteiger partial charge is 0.265 e. The number of methoxy groups -OCH3 is 1. The molecule has 23 heavy (non-hydrogen) atoms. The normalized spacial score (nSPS) is 21.0. The zero-order valence-corrected chi connectivity index (χ0v) is 14.3. The molecule has 1 aliphatic heterocycles. The maximum absolute atomic E-state index is 12.6. The molecule has 2 atom stereocenters. The van der Waals surface area contributed by atoms with Crippen molar-refractivity contribution in [3.63, 3.8) is 0 Å². The maximum atomic E-state index is 12.6. The van der Waals surface area contributed by atoms with Crippen molar-refractivity contribution in [2.45, 2.75) is 31.8 Å². The highest BCUT2D eigenvalue weighted by atomic mass is 32.1. The van der Waals surface area contributed by atoms with E-state index in [2.05, 4.69) is 17.6 Å². The van der Waals surface area contributed by atoms with E-state index in [0.717, 1.165) is 29.8 Å². The van der Waals surface area contributed by atoms with E-state index < -0.39 is 0 Å². The van der Waals surface area contributed by atoms with E-state index in [-0.39, 0.29) is 11.9 Å². The van der Waals surface area contributed by atoms with Gasteiger partial charge in [0.2, 0.25) is 0 Å². The molecule has 0 bridgehead atoms. The lowest BCUT2D eigenvalue weighted by Gasteiger charge is -2.28. The summed E-state index contributed by atoms with van der Waals surface area (Å²) in [7, 11) is 1.61. The van der Waals surface area contributed by atoms with Crippen LogP contribution in [0.1, 0.15) is 29.4 Å². The fourth-order valence-electron chi connectivity index (χ4n) is 2.94. The molecule has 122 valence electrons. The second-order valence-electron chi connectivity index (χ2n) is 5.92. The van der Waals surface area contributed by atoms with Gasteiger partial charge in [-0.15, -0.1) is 11.3 Å². The van der Waals surface area contributed by atoms with Crippen LogP contribution in [0.5, 0.6) is 5.75 Å². The third-order valence-corrected chi connectivity index (χ3v) is 5.31. The number of carbonyl (C=O) groups excluding carboxylic acids is 1. The van der Waals surface area contributed by atoms with E-state index in [0.29, 0.717) is 16.7 Å². The van der Waals surface area contributed by atoms with Gasteiger partial charge in [-0.1, -0.05) is 30.3 Å². The largest absolute Gasteiger partial charge is 0.495 e. The zero-order chi connectivity index (χ0) is 16.2. The number of piperidine rings is 1. The lowest BCUT2D eigenvalue weighted by molar-refractivity contribution is 0.0927. The summed E-state index contributed by atoms with van der Waals surface area (Å²) in [6.45, 7) is 3.10. The number of benzene rings is 1. The van der Waals surface area contributed by atoms with Gasteiger partial charge in [-0.3, -0.25) is 4.79 Å². The Bertz CT molecular complexity index is 669. The van der Waals surface area contributed by atoms with E-state index in [4.69, 9.17) is 4.74 Å². The summed E-state index contributed by atoms with van der Waals surface area (Å²) in [5.41, 5.74) is 1.10. The fraction of sp³-hybridized carbons (Fsp3) is 0.389. The van der Waals surface area contributed by atoms with E-state index in [9.17, 15) is 4.79 Å². The van der Waals surface area contributed by atoms with Crippen molar-refractivity contribution in [3.05, 3.63) is 41.3 Å². The molecule has 1 fully saturated rings. The Hall–Kier alpha value is -1.85. The van der Waals surface area contributed by atoms with E-state index in [1.54, 1.807) is 7.11 Å².